The summed E-state index contributed by atoms with van der Waals surface area (Å²) in [5.41, 5.74) is 1.46. The first-order valence-electron chi connectivity index (χ1n) is 4.60. The quantitative estimate of drug-likeness (QED) is 0.746. The lowest BCUT2D eigenvalue weighted by atomic mass is 10.1. The highest BCUT2D eigenvalue weighted by atomic mass is 32.2. The summed E-state index contributed by atoms with van der Waals surface area (Å²) in [6.07, 6.45) is 2.45. The molecule has 1 radical (unpaired) electrons. The number of benzene rings is 1. The second kappa shape index (κ2) is 4.97. The van der Waals surface area contributed by atoms with Crippen molar-refractivity contribution in [3.63, 3.8) is 0 Å². The second-order valence-electron chi connectivity index (χ2n) is 3.05. The van der Waals surface area contributed by atoms with E-state index in [1.165, 1.54) is 29.9 Å². The minimum Gasteiger partial charge on any atom is -0.141 e. The van der Waals surface area contributed by atoms with Crippen LogP contribution in [0.5, 0.6) is 0 Å². The van der Waals surface area contributed by atoms with Gasteiger partial charge < -0.3 is 0 Å². The lowest BCUT2D eigenvalue weighted by molar-refractivity contribution is 0.973. The lowest BCUT2D eigenvalue weighted by Gasteiger charge is -2.05. The third-order valence-electron chi connectivity index (χ3n) is 2.07. The van der Waals surface area contributed by atoms with E-state index in [1.807, 2.05) is 23.5 Å². The van der Waals surface area contributed by atoms with Gasteiger partial charge in [-0.1, -0.05) is 30.3 Å². The first kappa shape index (κ1) is 9.47. The molecular formula is C11H13S2. The minimum atomic E-state index is 1.20. The van der Waals surface area contributed by atoms with Crippen LogP contribution in [-0.2, 0) is 6.42 Å². The molecule has 0 amide bonds. The summed E-state index contributed by atoms with van der Waals surface area (Å²) in [6, 6.07) is 10.7. The van der Waals surface area contributed by atoms with Crippen LogP contribution in [-0.4, -0.2) is 11.5 Å². The molecular weight excluding hydrogens is 196 g/mol. The molecule has 1 aliphatic rings. The summed E-state index contributed by atoms with van der Waals surface area (Å²) >= 11 is 4.08. The number of hydrogen-bond acceptors (Lipinski definition) is 2. The van der Waals surface area contributed by atoms with Gasteiger partial charge in [-0.2, -0.15) is 0 Å². The number of aryl methyl sites for hydroxylation is 1. The SMILES string of the molecule is c1ccc(CC[C]2SCCS2)cc1. The fraction of sp³-hybridized carbons (Fsp3) is 0.364. The van der Waals surface area contributed by atoms with Crippen LogP contribution in [0.2, 0.25) is 0 Å². The van der Waals surface area contributed by atoms with E-state index in [4.69, 9.17) is 0 Å². The zero-order valence-corrected chi connectivity index (χ0v) is 9.16. The van der Waals surface area contributed by atoms with Gasteiger partial charge in [0, 0.05) is 11.5 Å². The molecule has 13 heavy (non-hydrogen) atoms. The van der Waals surface area contributed by atoms with Crippen molar-refractivity contribution in [2.45, 2.75) is 12.8 Å². The Bertz CT molecular complexity index is 240. The molecule has 0 spiro atoms. The smallest absolute Gasteiger partial charge is 0.0851 e. The van der Waals surface area contributed by atoms with E-state index < -0.39 is 0 Å². The van der Waals surface area contributed by atoms with E-state index in [2.05, 4.69) is 30.3 Å². The molecule has 1 aromatic rings. The minimum absolute atomic E-state index is 1.20. The van der Waals surface area contributed by atoms with Crippen molar-refractivity contribution in [2.24, 2.45) is 0 Å². The normalized spacial score (nSPS) is 17.8. The molecule has 0 atom stereocenters. The van der Waals surface area contributed by atoms with Crippen molar-refractivity contribution in [2.75, 3.05) is 11.5 Å². The standard InChI is InChI=1S/C11H13S2/c1-2-4-10(5-3-1)6-7-11-12-8-9-13-11/h1-5H,6-9H2. The highest BCUT2D eigenvalue weighted by Gasteiger charge is 2.16. The molecule has 1 aromatic carbocycles. The van der Waals surface area contributed by atoms with Gasteiger partial charge in [0.05, 0.1) is 4.58 Å². The average molecular weight is 209 g/mol. The van der Waals surface area contributed by atoms with Crippen molar-refractivity contribution in [3.8, 4) is 0 Å². The van der Waals surface area contributed by atoms with Crippen molar-refractivity contribution in [1.82, 2.24) is 0 Å². The summed E-state index contributed by atoms with van der Waals surface area (Å²) in [6.45, 7) is 0. The Labute approximate surface area is 88.5 Å². The predicted molar refractivity (Wildman–Crippen MR) is 62.9 cm³/mol. The third kappa shape index (κ3) is 2.96. The molecule has 1 heterocycles. The zero-order chi connectivity index (χ0) is 8.93. The monoisotopic (exact) mass is 209 g/mol. The molecule has 0 N–H and O–H groups in total. The largest absolute Gasteiger partial charge is 0.141 e. The van der Waals surface area contributed by atoms with Crippen LogP contribution in [0, 0.1) is 4.58 Å². The lowest BCUT2D eigenvalue weighted by Crippen LogP contribution is -1.87. The Balaban J connectivity index is 1.79. The number of hydrogen-bond donors (Lipinski definition) is 0. The van der Waals surface area contributed by atoms with Gasteiger partial charge in [0.1, 0.15) is 0 Å². The molecule has 2 heteroatoms. The van der Waals surface area contributed by atoms with Gasteiger partial charge in [0.15, 0.2) is 0 Å². The van der Waals surface area contributed by atoms with E-state index >= 15 is 0 Å². The molecule has 2 rings (SSSR count). The fourth-order valence-corrected chi connectivity index (χ4v) is 3.84. The topological polar surface area (TPSA) is 0 Å². The van der Waals surface area contributed by atoms with Gasteiger partial charge in [0.2, 0.25) is 0 Å². The summed E-state index contributed by atoms with van der Waals surface area (Å²) < 4.78 is 1.63. The third-order valence-corrected chi connectivity index (χ3v) is 4.90. The Kier molecular flexibility index (Phi) is 3.62. The number of rotatable bonds is 3. The molecule has 0 aliphatic carbocycles. The predicted octanol–water partition coefficient (Wildman–Crippen LogP) is 3.59. The molecule has 0 aromatic heterocycles. The van der Waals surface area contributed by atoms with E-state index in [0.29, 0.717) is 0 Å². The molecule has 0 unspecified atom stereocenters. The first-order valence-corrected chi connectivity index (χ1v) is 6.57. The van der Waals surface area contributed by atoms with E-state index in [0.717, 1.165) is 0 Å². The fourth-order valence-electron chi connectivity index (χ4n) is 1.39. The van der Waals surface area contributed by atoms with Crippen molar-refractivity contribution < 1.29 is 0 Å². The Morgan fingerprint density at radius 2 is 1.62 bits per heavy atom. The van der Waals surface area contributed by atoms with Gasteiger partial charge in [-0.3, -0.25) is 0 Å². The second-order valence-corrected chi connectivity index (χ2v) is 5.69. The van der Waals surface area contributed by atoms with Crippen LogP contribution in [0.4, 0.5) is 0 Å². The highest BCUT2D eigenvalue weighted by molar-refractivity contribution is 8.23. The van der Waals surface area contributed by atoms with Crippen molar-refractivity contribution in [1.29, 1.82) is 0 Å². The molecule has 0 saturated carbocycles. The van der Waals surface area contributed by atoms with Gasteiger partial charge >= 0.3 is 0 Å². The summed E-state index contributed by atoms with van der Waals surface area (Å²) in [7, 11) is 0. The van der Waals surface area contributed by atoms with E-state index in [9.17, 15) is 0 Å². The molecule has 1 aliphatic heterocycles. The van der Waals surface area contributed by atoms with Crippen LogP contribution >= 0.6 is 23.5 Å². The van der Waals surface area contributed by atoms with Gasteiger partial charge in [-0.05, 0) is 18.4 Å². The summed E-state index contributed by atoms with van der Waals surface area (Å²) in [4.78, 5) is 0. The van der Waals surface area contributed by atoms with E-state index in [1.54, 1.807) is 4.58 Å². The maximum atomic E-state index is 2.21. The zero-order valence-electron chi connectivity index (χ0n) is 7.53. The van der Waals surface area contributed by atoms with Crippen LogP contribution in [0.25, 0.3) is 0 Å². The molecule has 1 fully saturated rings. The highest BCUT2D eigenvalue weighted by Crippen LogP contribution is 2.42. The van der Waals surface area contributed by atoms with Crippen LogP contribution in [0.15, 0.2) is 30.3 Å². The Morgan fingerprint density at radius 3 is 2.31 bits per heavy atom. The first-order chi connectivity index (χ1) is 6.45. The van der Waals surface area contributed by atoms with Crippen LogP contribution < -0.4 is 0 Å². The Hall–Kier alpha value is -0.0800. The van der Waals surface area contributed by atoms with Crippen molar-refractivity contribution in [3.05, 3.63) is 40.5 Å². The number of thioether (sulfide) groups is 2. The van der Waals surface area contributed by atoms with Gasteiger partial charge in [-0.15, -0.1) is 23.5 Å². The molecule has 0 nitrogen and oxygen atoms in total. The average Bonchev–Trinajstić information content (AvgIpc) is 2.69. The summed E-state index contributed by atoms with van der Waals surface area (Å²) in [5, 5.41) is 0. The van der Waals surface area contributed by atoms with Crippen LogP contribution in [0.3, 0.4) is 0 Å². The molecule has 69 valence electrons. The molecule has 0 bridgehead atoms. The summed E-state index contributed by atoms with van der Waals surface area (Å²) in [5.74, 6) is 2.63. The van der Waals surface area contributed by atoms with E-state index in [-0.39, 0.29) is 0 Å². The maximum Gasteiger partial charge on any atom is 0.0851 e. The Morgan fingerprint density at radius 1 is 0.923 bits per heavy atom. The van der Waals surface area contributed by atoms with Gasteiger partial charge in [0.25, 0.3) is 0 Å². The molecule has 1 saturated heterocycles. The van der Waals surface area contributed by atoms with Crippen LogP contribution in [0.1, 0.15) is 12.0 Å². The van der Waals surface area contributed by atoms with Gasteiger partial charge in [-0.25, -0.2) is 0 Å². The maximum absolute atomic E-state index is 2.21. The van der Waals surface area contributed by atoms with Crippen molar-refractivity contribution >= 4 is 23.5 Å².